The fourth-order valence-electron chi connectivity index (χ4n) is 2.56. The van der Waals surface area contributed by atoms with Gasteiger partial charge in [-0.3, -0.25) is 14.7 Å². The number of carbonyl (C=O) groups excluding carboxylic acids is 2. The van der Waals surface area contributed by atoms with Gasteiger partial charge in [0.05, 0.1) is 0 Å². The van der Waals surface area contributed by atoms with Gasteiger partial charge >= 0.3 is 0 Å². The number of anilines is 1. The van der Waals surface area contributed by atoms with Crippen molar-refractivity contribution < 1.29 is 9.59 Å². The maximum atomic E-state index is 12.4. The molecule has 1 aliphatic heterocycles. The van der Waals surface area contributed by atoms with Crippen molar-refractivity contribution in [3.05, 3.63) is 47.3 Å². The number of likely N-dealkylation sites (tertiary alicyclic amines) is 1. The average molecular weight is 298 g/mol. The molecule has 0 radical (unpaired) electrons. The van der Waals surface area contributed by atoms with E-state index in [-0.39, 0.29) is 11.8 Å². The van der Waals surface area contributed by atoms with Crippen molar-refractivity contribution in [1.82, 2.24) is 15.1 Å². The first-order chi connectivity index (χ1) is 10.6. The van der Waals surface area contributed by atoms with E-state index in [1.165, 1.54) is 0 Å². The zero-order valence-electron chi connectivity index (χ0n) is 12.4. The Morgan fingerprint density at radius 2 is 2.00 bits per heavy atom. The van der Waals surface area contributed by atoms with Crippen LogP contribution in [-0.4, -0.2) is 40.0 Å². The van der Waals surface area contributed by atoms with Crippen LogP contribution in [0.5, 0.6) is 0 Å². The van der Waals surface area contributed by atoms with Crippen LogP contribution in [0.25, 0.3) is 0 Å². The highest BCUT2D eigenvalue weighted by Crippen LogP contribution is 2.17. The predicted octanol–water partition coefficient (Wildman–Crippen LogP) is 2.21. The number of amides is 2. The van der Waals surface area contributed by atoms with Gasteiger partial charge in [-0.15, -0.1) is 0 Å². The molecule has 1 saturated heterocycles. The highest BCUT2D eigenvalue weighted by atomic mass is 16.2. The number of H-pyrrole nitrogens is 1. The van der Waals surface area contributed by atoms with Crippen LogP contribution in [-0.2, 0) is 0 Å². The summed E-state index contributed by atoms with van der Waals surface area (Å²) in [7, 11) is 0. The first kappa shape index (κ1) is 14.3. The molecule has 0 spiro atoms. The molecule has 0 saturated carbocycles. The summed E-state index contributed by atoms with van der Waals surface area (Å²) in [4.78, 5) is 26.3. The molecule has 0 bridgehead atoms. The topological polar surface area (TPSA) is 78.1 Å². The summed E-state index contributed by atoms with van der Waals surface area (Å²) >= 11 is 0. The van der Waals surface area contributed by atoms with Crippen molar-refractivity contribution in [3.63, 3.8) is 0 Å². The van der Waals surface area contributed by atoms with E-state index in [1.807, 2.05) is 11.8 Å². The van der Waals surface area contributed by atoms with Crippen LogP contribution in [0.2, 0.25) is 0 Å². The molecule has 1 aliphatic rings. The molecule has 0 aliphatic carbocycles. The van der Waals surface area contributed by atoms with Crippen molar-refractivity contribution in [2.24, 2.45) is 0 Å². The second-order valence-corrected chi connectivity index (χ2v) is 5.47. The van der Waals surface area contributed by atoms with Gasteiger partial charge in [-0.2, -0.15) is 5.10 Å². The van der Waals surface area contributed by atoms with E-state index in [0.717, 1.165) is 31.6 Å². The molecule has 1 aromatic heterocycles. The second kappa shape index (κ2) is 6.01. The average Bonchev–Trinajstić information content (AvgIpc) is 3.18. The predicted molar refractivity (Wildman–Crippen MR) is 82.9 cm³/mol. The summed E-state index contributed by atoms with van der Waals surface area (Å²) in [5, 5.41) is 9.42. The zero-order valence-corrected chi connectivity index (χ0v) is 12.4. The highest BCUT2D eigenvalue weighted by molar-refractivity contribution is 6.04. The lowest BCUT2D eigenvalue weighted by atomic mass is 10.1. The Labute approximate surface area is 128 Å². The van der Waals surface area contributed by atoms with Crippen LogP contribution in [0.3, 0.4) is 0 Å². The molecule has 2 N–H and O–H groups in total. The maximum absolute atomic E-state index is 12.4. The molecule has 1 fully saturated rings. The minimum Gasteiger partial charge on any atom is -0.339 e. The van der Waals surface area contributed by atoms with Gasteiger partial charge in [-0.05, 0) is 44.0 Å². The number of rotatable bonds is 3. The van der Waals surface area contributed by atoms with Gasteiger partial charge in [0.2, 0.25) is 0 Å². The summed E-state index contributed by atoms with van der Waals surface area (Å²) in [6.45, 7) is 3.45. The van der Waals surface area contributed by atoms with E-state index in [1.54, 1.807) is 30.3 Å². The van der Waals surface area contributed by atoms with Gasteiger partial charge in [0.25, 0.3) is 11.8 Å². The lowest BCUT2D eigenvalue weighted by Crippen LogP contribution is -2.27. The van der Waals surface area contributed by atoms with Crippen LogP contribution in [0.1, 0.15) is 39.4 Å². The van der Waals surface area contributed by atoms with Crippen LogP contribution in [0, 0.1) is 6.92 Å². The number of aromatic amines is 1. The Morgan fingerprint density at radius 3 is 2.68 bits per heavy atom. The SMILES string of the molecule is Cc1cc(C(=O)Nc2cccc(C(=O)N3CCCC3)c2)n[nH]1. The molecule has 2 amide bonds. The lowest BCUT2D eigenvalue weighted by Gasteiger charge is -2.15. The number of aromatic nitrogens is 2. The molecule has 6 nitrogen and oxygen atoms in total. The molecule has 114 valence electrons. The number of aryl methyl sites for hydroxylation is 1. The minimum absolute atomic E-state index is 0.0178. The number of nitrogens with one attached hydrogen (secondary N) is 2. The Balaban J connectivity index is 1.73. The highest BCUT2D eigenvalue weighted by Gasteiger charge is 2.19. The molecule has 1 aromatic carbocycles. The van der Waals surface area contributed by atoms with Gasteiger partial charge in [0, 0.05) is 30.0 Å². The van der Waals surface area contributed by atoms with Crippen LogP contribution < -0.4 is 5.32 Å². The molecule has 22 heavy (non-hydrogen) atoms. The van der Waals surface area contributed by atoms with E-state index >= 15 is 0 Å². The quantitative estimate of drug-likeness (QED) is 0.912. The molecule has 0 atom stereocenters. The Bertz CT molecular complexity index is 702. The molecular weight excluding hydrogens is 280 g/mol. The third-order valence-corrected chi connectivity index (χ3v) is 3.70. The largest absolute Gasteiger partial charge is 0.339 e. The standard InChI is InChI=1S/C16H18N4O2/c1-11-9-14(19-18-11)15(21)17-13-6-4-5-12(10-13)16(22)20-7-2-3-8-20/h4-6,9-10H,2-3,7-8H2,1H3,(H,17,21)(H,18,19). The van der Waals surface area contributed by atoms with E-state index in [2.05, 4.69) is 15.5 Å². The van der Waals surface area contributed by atoms with Gasteiger partial charge in [-0.25, -0.2) is 0 Å². The zero-order chi connectivity index (χ0) is 15.5. The Kier molecular flexibility index (Phi) is 3.91. The van der Waals surface area contributed by atoms with Gasteiger partial charge in [0.1, 0.15) is 0 Å². The van der Waals surface area contributed by atoms with Crippen molar-refractivity contribution in [3.8, 4) is 0 Å². The molecule has 2 heterocycles. The number of benzene rings is 1. The van der Waals surface area contributed by atoms with E-state index in [0.29, 0.717) is 16.9 Å². The van der Waals surface area contributed by atoms with Crippen molar-refractivity contribution in [2.45, 2.75) is 19.8 Å². The first-order valence-electron chi connectivity index (χ1n) is 7.36. The molecule has 2 aromatic rings. The number of carbonyl (C=O) groups is 2. The minimum atomic E-state index is -0.296. The molecule has 3 rings (SSSR count). The van der Waals surface area contributed by atoms with Gasteiger partial charge in [-0.1, -0.05) is 6.07 Å². The normalized spacial score (nSPS) is 14.1. The lowest BCUT2D eigenvalue weighted by molar-refractivity contribution is 0.0792. The van der Waals surface area contributed by atoms with Crippen molar-refractivity contribution >= 4 is 17.5 Å². The van der Waals surface area contributed by atoms with Crippen molar-refractivity contribution in [2.75, 3.05) is 18.4 Å². The van der Waals surface area contributed by atoms with Gasteiger partial charge in [0.15, 0.2) is 5.69 Å². The van der Waals surface area contributed by atoms with Crippen molar-refractivity contribution in [1.29, 1.82) is 0 Å². The number of nitrogens with zero attached hydrogens (tertiary/aromatic N) is 2. The van der Waals surface area contributed by atoms with Gasteiger partial charge < -0.3 is 10.2 Å². The third kappa shape index (κ3) is 3.00. The summed E-state index contributed by atoms with van der Waals surface area (Å²) in [5.74, 6) is -0.278. The number of hydrogen-bond acceptors (Lipinski definition) is 3. The summed E-state index contributed by atoms with van der Waals surface area (Å²) in [6, 6.07) is 8.69. The maximum Gasteiger partial charge on any atom is 0.276 e. The molecule has 0 unspecified atom stereocenters. The van der Waals surface area contributed by atoms with E-state index < -0.39 is 0 Å². The second-order valence-electron chi connectivity index (χ2n) is 5.47. The smallest absolute Gasteiger partial charge is 0.276 e. The fourth-order valence-corrected chi connectivity index (χ4v) is 2.56. The van der Waals surface area contributed by atoms with Crippen LogP contribution in [0.4, 0.5) is 5.69 Å². The Hall–Kier alpha value is -2.63. The summed E-state index contributed by atoms with van der Waals surface area (Å²) < 4.78 is 0. The summed E-state index contributed by atoms with van der Waals surface area (Å²) in [6.07, 6.45) is 2.11. The monoisotopic (exact) mass is 298 g/mol. The molecule has 6 heteroatoms. The fraction of sp³-hybridized carbons (Fsp3) is 0.312. The van der Waals surface area contributed by atoms with Crippen LogP contribution >= 0.6 is 0 Å². The first-order valence-corrected chi connectivity index (χ1v) is 7.36. The molecular formula is C16H18N4O2. The Morgan fingerprint density at radius 1 is 1.23 bits per heavy atom. The third-order valence-electron chi connectivity index (χ3n) is 3.70. The van der Waals surface area contributed by atoms with E-state index in [9.17, 15) is 9.59 Å². The van der Waals surface area contributed by atoms with E-state index in [4.69, 9.17) is 0 Å². The number of hydrogen-bond donors (Lipinski definition) is 2. The summed E-state index contributed by atoms with van der Waals surface area (Å²) in [5.41, 5.74) is 2.34. The van der Waals surface area contributed by atoms with Crippen LogP contribution in [0.15, 0.2) is 30.3 Å².